The van der Waals surface area contributed by atoms with E-state index in [1.807, 2.05) is 24.0 Å². The summed E-state index contributed by atoms with van der Waals surface area (Å²) in [5, 5.41) is 3.37. The summed E-state index contributed by atoms with van der Waals surface area (Å²) in [6.07, 6.45) is 0. The van der Waals surface area contributed by atoms with Crippen LogP contribution >= 0.6 is 15.9 Å². The minimum atomic E-state index is -0.188. The second kappa shape index (κ2) is 7.20. The summed E-state index contributed by atoms with van der Waals surface area (Å²) in [5.41, 5.74) is 1.18. The molecule has 20 heavy (non-hydrogen) atoms. The number of carbonyl (C=O) groups is 1. The van der Waals surface area contributed by atoms with E-state index in [4.69, 9.17) is 4.74 Å². The van der Waals surface area contributed by atoms with E-state index in [9.17, 15) is 4.79 Å². The van der Waals surface area contributed by atoms with Crippen LogP contribution in [0.25, 0.3) is 0 Å². The van der Waals surface area contributed by atoms with Crippen molar-refractivity contribution in [3.05, 3.63) is 34.3 Å². The van der Waals surface area contributed by atoms with Crippen molar-refractivity contribution in [2.45, 2.75) is 25.9 Å². The number of carbonyl (C=O) groups excluding carboxylic acids is 1. The third kappa shape index (κ3) is 4.04. The summed E-state index contributed by atoms with van der Waals surface area (Å²) in [5.74, 6) is 0.150. The number of benzene rings is 1. The monoisotopic (exact) mass is 340 g/mol. The molecule has 110 valence electrons. The minimum Gasteiger partial charge on any atom is -0.378 e. The van der Waals surface area contributed by atoms with E-state index in [1.54, 1.807) is 0 Å². The molecule has 0 bridgehead atoms. The highest BCUT2D eigenvalue weighted by atomic mass is 79.9. The first-order valence-electron chi connectivity index (χ1n) is 6.96. The Hall–Kier alpha value is -0.910. The van der Waals surface area contributed by atoms with Crippen LogP contribution in [-0.4, -0.2) is 43.2 Å². The largest absolute Gasteiger partial charge is 0.378 e. The van der Waals surface area contributed by atoms with Crippen molar-refractivity contribution in [2.24, 2.45) is 0 Å². The fourth-order valence-corrected chi connectivity index (χ4v) is 2.62. The molecule has 1 fully saturated rings. The van der Waals surface area contributed by atoms with Gasteiger partial charge >= 0.3 is 0 Å². The van der Waals surface area contributed by atoms with Gasteiger partial charge in [0, 0.05) is 23.6 Å². The Bertz CT molecular complexity index is 444. The topological polar surface area (TPSA) is 41.6 Å². The molecule has 1 aromatic carbocycles. The van der Waals surface area contributed by atoms with E-state index >= 15 is 0 Å². The van der Waals surface area contributed by atoms with Crippen molar-refractivity contribution in [2.75, 3.05) is 26.3 Å². The summed E-state index contributed by atoms with van der Waals surface area (Å²) < 4.78 is 6.33. The van der Waals surface area contributed by atoms with Gasteiger partial charge in [-0.3, -0.25) is 10.1 Å². The number of ether oxygens (including phenoxy) is 1. The Kier molecular flexibility index (Phi) is 5.57. The summed E-state index contributed by atoms with van der Waals surface area (Å²) in [6, 6.07) is 8.11. The van der Waals surface area contributed by atoms with Gasteiger partial charge in [0.15, 0.2) is 0 Å². The van der Waals surface area contributed by atoms with Gasteiger partial charge in [-0.1, -0.05) is 28.1 Å². The highest BCUT2D eigenvalue weighted by molar-refractivity contribution is 9.10. The quantitative estimate of drug-likeness (QED) is 0.914. The average molecular weight is 341 g/mol. The molecule has 0 radical (unpaired) electrons. The van der Waals surface area contributed by atoms with Gasteiger partial charge in [-0.15, -0.1) is 0 Å². The molecule has 1 N–H and O–H groups in total. The van der Waals surface area contributed by atoms with Gasteiger partial charge in [0.1, 0.15) is 0 Å². The summed E-state index contributed by atoms with van der Waals surface area (Å²) in [6.45, 7) is 6.66. The van der Waals surface area contributed by atoms with Gasteiger partial charge in [-0.05, 0) is 31.5 Å². The van der Waals surface area contributed by atoms with Crippen LogP contribution in [0.15, 0.2) is 28.7 Å². The van der Waals surface area contributed by atoms with E-state index in [2.05, 4.69) is 40.3 Å². The maximum atomic E-state index is 12.3. The molecule has 1 saturated heterocycles. The zero-order chi connectivity index (χ0) is 14.5. The molecule has 0 spiro atoms. The Labute approximate surface area is 128 Å². The Morgan fingerprint density at radius 1 is 1.25 bits per heavy atom. The van der Waals surface area contributed by atoms with Crippen LogP contribution in [0.4, 0.5) is 0 Å². The van der Waals surface area contributed by atoms with Gasteiger partial charge in [-0.2, -0.15) is 0 Å². The zero-order valence-electron chi connectivity index (χ0n) is 11.9. The van der Waals surface area contributed by atoms with Crippen LogP contribution in [0.5, 0.6) is 0 Å². The Morgan fingerprint density at radius 2 is 1.85 bits per heavy atom. The maximum Gasteiger partial charge on any atom is 0.239 e. The first-order chi connectivity index (χ1) is 9.58. The third-order valence-corrected chi connectivity index (χ3v) is 4.09. The molecule has 2 atom stereocenters. The second-order valence-corrected chi connectivity index (χ2v) is 6.01. The van der Waals surface area contributed by atoms with E-state index in [1.165, 1.54) is 5.56 Å². The molecule has 0 aliphatic carbocycles. The number of hydrogen-bond acceptors (Lipinski definition) is 3. The second-order valence-electron chi connectivity index (χ2n) is 5.10. The fraction of sp³-hybridized carbons (Fsp3) is 0.533. The highest BCUT2D eigenvalue weighted by Gasteiger charge is 2.23. The zero-order valence-corrected chi connectivity index (χ0v) is 13.5. The number of halogens is 1. The van der Waals surface area contributed by atoms with Gasteiger partial charge < -0.3 is 9.64 Å². The van der Waals surface area contributed by atoms with Crippen molar-refractivity contribution in [1.29, 1.82) is 0 Å². The van der Waals surface area contributed by atoms with Crippen molar-refractivity contribution in [3.8, 4) is 0 Å². The predicted octanol–water partition coefficient (Wildman–Crippen LogP) is 2.35. The highest BCUT2D eigenvalue weighted by Crippen LogP contribution is 2.17. The molecule has 1 heterocycles. The van der Waals surface area contributed by atoms with E-state index < -0.39 is 0 Å². The van der Waals surface area contributed by atoms with E-state index in [-0.39, 0.29) is 18.0 Å². The molecule has 1 aliphatic heterocycles. The van der Waals surface area contributed by atoms with Crippen molar-refractivity contribution in [3.63, 3.8) is 0 Å². The number of amides is 1. The number of nitrogens with zero attached hydrogens (tertiary/aromatic N) is 1. The Morgan fingerprint density at radius 3 is 2.45 bits per heavy atom. The molecule has 1 amide bonds. The van der Waals surface area contributed by atoms with Crippen LogP contribution in [0.2, 0.25) is 0 Å². The maximum absolute atomic E-state index is 12.3. The molecular formula is C15H21BrN2O2. The van der Waals surface area contributed by atoms with Crippen LogP contribution < -0.4 is 5.32 Å². The number of rotatable bonds is 4. The van der Waals surface area contributed by atoms with Crippen molar-refractivity contribution < 1.29 is 9.53 Å². The molecule has 1 aromatic rings. The molecular weight excluding hydrogens is 320 g/mol. The minimum absolute atomic E-state index is 0.142. The van der Waals surface area contributed by atoms with Crippen LogP contribution in [0, 0.1) is 0 Å². The summed E-state index contributed by atoms with van der Waals surface area (Å²) >= 11 is 3.43. The average Bonchev–Trinajstić information content (AvgIpc) is 2.48. The molecule has 0 saturated carbocycles. The van der Waals surface area contributed by atoms with Gasteiger partial charge in [0.2, 0.25) is 5.91 Å². The number of nitrogens with one attached hydrogen (secondary N) is 1. The SMILES string of the molecule is C[C@H](N[C@H](C)C(=O)N1CCOCC1)c1ccc(Br)cc1. The van der Waals surface area contributed by atoms with Crippen LogP contribution in [0.1, 0.15) is 25.5 Å². The fourth-order valence-electron chi connectivity index (χ4n) is 2.35. The normalized spacial score (nSPS) is 18.6. The molecule has 0 unspecified atom stereocenters. The first kappa shape index (κ1) is 15.5. The summed E-state index contributed by atoms with van der Waals surface area (Å²) in [4.78, 5) is 14.2. The van der Waals surface area contributed by atoms with Gasteiger partial charge in [0.25, 0.3) is 0 Å². The van der Waals surface area contributed by atoms with Crippen LogP contribution in [-0.2, 0) is 9.53 Å². The number of hydrogen-bond donors (Lipinski definition) is 1. The molecule has 2 rings (SSSR count). The Balaban J connectivity index is 1.91. The lowest BCUT2D eigenvalue weighted by Crippen LogP contribution is -2.49. The van der Waals surface area contributed by atoms with E-state index in [0.717, 1.165) is 4.47 Å². The van der Waals surface area contributed by atoms with Gasteiger partial charge in [-0.25, -0.2) is 0 Å². The predicted molar refractivity (Wildman–Crippen MR) is 82.6 cm³/mol. The summed E-state index contributed by atoms with van der Waals surface area (Å²) in [7, 11) is 0. The lowest BCUT2D eigenvalue weighted by molar-refractivity contribution is -0.137. The van der Waals surface area contributed by atoms with Gasteiger partial charge in [0.05, 0.1) is 19.3 Å². The standard InChI is InChI=1S/C15H21BrN2O2/c1-11(13-3-5-14(16)6-4-13)17-12(2)15(19)18-7-9-20-10-8-18/h3-6,11-12,17H,7-10H2,1-2H3/t11-,12+/m0/s1. The molecule has 0 aromatic heterocycles. The van der Waals surface area contributed by atoms with Crippen LogP contribution in [0.3, 0.4) is 0 Å². The van der Waals surface area contributed by atoms with Crippen molar-refractivity contribution >= 4 is 21.8 Å². The van der Waals surface area contributed by atoms with E-state index in [0.29, 0.717) is 26.3 Å². The molecule has 5 heteroatoms. The lowest BCUT2D eigenvalue weighted by Gasteiger charge is -2.30. The smallest absolute Gasteiger partial charge is 0.239 e. The number of morpholine rings is 1. The van der Waals surface area contributed by atoms with Crippen molar-refractivity contribution in [1.82, 2.24) is 10.2 Å². The lowest BCUT2D eigenvalue weighted by atomic mass is 10.1. The molecule has 1 aliphatic rings. The first-order valence-corrected chi connectivity index (χ1v) is 7.75. The molecule has 4 nitrogen and oxygen atoms in total. The third-order valence-electron chi connectivity index (χ3n) is 3.56.